The van der Waals surface area contributed by atoms with Gasteiger partial charge in [-0.2, -0.15) is 0 Å². The minimum atomic E-state index is -0.358. The Morgan fingerprint density at radius 1 is 1.55 bits per heavy atom. The van der Waals surface area contributed by atoms with Gasteiger partial charge in [0.2, 0.25) is 0 Å². The van der Waals surface area contributed by atoms with E-state index in [9.17, 15) is 4.79 Å². The molecule has 0 fully saturated rings. The van der Waals surface area contributed by atoms with Crippen molar-refractivity contribution in [3.8, 4) is 0 Å². The molecule has 0 aromatic carbocycles. The highest BCUT2D eigenvalue weighted by Crippen LogP contribution is 2.35. The molecule has 2 aromatic heterocycles. The largest absolute Gasteiger partial charge is 0.459 e. The molecule has 6 heteroatoms. The van der Waals surface area contributed by atoms with Crippen LogP contribution in [-0.4, -0.2) is 35.0 Å². The van der Waals surface area contributed by atoms with E-state index in [0.717, 1.165) is 42.0 Å². The van der Waals surface area contributed by atoms with E-state index < -0.39 is 0 Å². The summed E-state index contributed by atoms with van der Waals surface area (Å²) in [6.07, 6.45) is 0.791. The summed E-state index contributed by atoms with van der Waals surface area (Å²) in [7, 11) is 0. The van der Waals surface area contributed by atoms with Crippen molar-refractivity contribution in [3.05, 3.63) is 22.2 Å². The first-order chi connectivity index (χ1) is 10.5. The Balaban J connectivity index is 2.02. The van der Waals surface area contributed by atoms with Gasteiger partial charge in [-0.25, -0.2) is 9.78 Å². The van der Waals surface area contributed by atoms with Gasteiger partial charge in [0.25, 0.3) is 0 Å². The van der Waals surface area contributed by atoms with Crippen molar-refractivity contribution in [2.24, 2.45) is 0 Å². The molecule has 0 bridgehead atoms. The van der Waals surface area contributed by atoms with Crippen molar-refractivity contribution in [1.29, 1.82) is 0 Å². The number of carbonyl (C=O) groups excluding carboxylic acids is 1. The van der Waals surface area contributed by atoms with Gasteiger partial charge in [0, 0.05) is 30.6 Å². The van der Waals surface area contributed by atoms with Gasteiger partial charge in [-0.05, 0) is 32.0 Å². The molecule has 1 aliphatic rings. The van der Waals surface area contributed by atoms with E-state index in [1.807, 2.05) is 13.8 Å². The molecular weight excluding hydrogens is 298 g/mol. The van der Waals surface area contributed by atoms with Crippen LogP contribution in [-0.2, 0) is 17.7 Å². The predicted octanol–water partition coefficient (Wildman–Crippen LogP) is 2.82. The zero-order valence-electron chi connectivity index (χ0n) is 13.2. The second-order valence-corrected chi connectivity index (χ2v) is 6.86. The average Bonchev–Trinajstić information content (AvgIpc) is 2.80. The topological polar surface area (TPSA) is 68.5 Å². The normalized spacial score (nSPS) is 15.3. The first-order valence-corrected chi connectivity index (χ1v) is 8.45. The Hall–Kier alpha value is -1.66. The first-order valence-electron chi connectivity index (χ1n) is 7.63. The summed E-state index contributed by atoms with van der Waals surface area (Å²) in [5.74, 6) is -0.358. The van der Waals surface area contributed by atoms with E-state index in [0.29, 0.717) is 10.6 Å². The summed E-state index contributed by atoms with van der Waals surface area (Å²) in [5, 5.41) is 0.873. The number of pyridine rings is 1. The van der Waals surface area contributed by atoms with Crippen LogP contribution in [0.3, 0.4) is 0 Å². The fourth-order valence-corrected chi connectivity index (χ4v) is 3.72. The zero-order chi connectivity index (χ0) is 15.9. The number of likely N-dealkylation sites (N-methyl/N-ethyl adjacent to an activating group) is 1. The van der Waals surface area contributed by atoms with E-state index in [-0.39, 0.29) is 12.1 Å². The Morgan fingerprint density at radius 3 is 3.00 bits per heavy atom. The van der Waals surface area contributed by atoms with Gasteiger partial charge in [0.1, 0.15) is 9.71 Å². The fourth-order valence-electron chi connectivity index (χ4n) is 2.75. The minimum absolute atomic E-state index is 0.156. The van der Waals surface area contributed by atoms with Crippen molar-refractivity contribution < 1.29 is 9.53 Å². The lowest BCUT2D eigenvalue weighted by molar-refractivity contribution is 0.0385. The van der Waals surface area contributed by atoms with Crippen LogP contribution in [0, 0.1) is 0 Å². The van der Waals surface area contributed by atoms with Gasteiger partial charge in [0.15, 0.2) is 0 Å². The molecule has 3 heterocycles. The summed E-state index contributed by atoms with van der Waals surface area (Å²) < 4.78 is 5.26. The van der Waals surface area contributed by atoms with Gasteiger partial charge in [-0.1, -0.05) is 6.92 Å². The second-order valence-electron chi connectivity index (χ2n) is 5.86. The molecule has 0 spiro atoms. The third-order valence-electron chi connectivity index (χ3n) is 3.92. The molecule has 0 radical (unpaired) electrons. The SMILES string of the molecule is CCN1CCc2nc3sc(C(=O)OC(C)C)c(N)c3cc2C1. The molecule has 0 atom stereocenters. The maximum absolute atomic E-state index is 12.1. The number of hydrogen-bond donors (Lipinski definition) is 1. The van der Waals surface area contributed by atoms with Crippen molar-refractivity contribution >= 4 is 33.2 Å². The minimum Gasteiger partial charge on any atom is -0.459 e. The summed E-state index contributed by atoms with van der Waals surface area (Å²) in [4.78, 5) is 20.5. The van der Waals surface area contributed by atoms with Gasteiger partial charge >= 0.3 is 5.97 Å². The summed E-state index contributed by atoms with van der Waals surface area (Å²) in [6, 6.07) is 2.09. The fraction of sp³-hybridized carbons (Fsp3) is 0.500. The number of nitrogens with two attached hydrogens (primary N) is 1. The van der Waals surface area contributed by atoms with Crippen LogP contribution in [0.25, 0.3) is 10.2 Å². The average molecular weight is 319 g/mol. The van der Waals surface area contributed by atoms with Gasteiger partial charge in [0.05, 0.1) is 11.8 Å². The number of aromatic nitrogens is 1. The van der Waals surface area contributed by atoms with Crippen LogP contribution in [0.2, 0.25) is 0 Å². The van der Waals surface area contributed by atoms with Gasteiger partial charge in [-0.3, -0.25) is 4.90 Å². The molecule has 118 valence electrons. The number of ether oxygens (including phenoxy) is 1. The maximum atomic E-state index is 12.1. The number of esters is 1. The van der Waals surface area contributed by atoms with Crippen molar-refractivity contribution in [2.45, 2.75) is 39.8 Å². The van der Waals surface area contributed by atoms with Gasteiger partial charge in [-0.15, -0.1) is 11.3 Å². The molecule has 2 N–H and O–H groups in total. The van der Waals surface area contributed by atoms with E-state index in [4.69, 9.17) is 15.5 Å². The number of carbonyl (C=O) groups is 1. The number of thiophene rings is 1. The predicted molar refractivity (Wildman–Crippen MR) is 89.2 cm³/mol. The number of rotatable bonds is 3. The van der Waals surface area contributed by atoms with E-state index in [1.54, 1.807) is 0 Å². The zero-order valence-corrected chi connectivity index (χ0v) is 14.0. The van der Waals surface area contributed by atoms with Gasteiger partial charge < -0.3 is 10.5 Å². The monoisotopic (exact) mass is 319 g/mol. The number of nitrogens with zero attached hydrogens (tertiary/aromatic N) is 2. The number of anilines is 1. The van der Waals surface area contributed by atoms with Crippen LogP contribution in [0.15, 0.2) is 6.07 Å². The van der Waals surface area contributed by atoms with Crippen molar-refractivity contribution in [3.63, 3.8) is 0 Å². The summed E-state index contributed by atoms with van der Waals surface area (Å²) in [5.41, 5.74) is 9.01. The van der Waals surface area contributed by atoms with Crippen LogP contribution >= 0.6 is 11.3 Å². The second kappa shape index (κ2) is 5.85. The molecule has 5 nitrogen and oxygen atoms in total. The lowest BCUT2D eigenvalue weighted by Crippen LogP contribution is -2.30. The van der Waals surface area contributed by atoms with E-state index in [1.165, 1.54) is 16.9 Å². The standard InChI is InChI=1S/C16H21N3O2S/c1-4-19-6-5-12-10(8-19)7-11-13(17)14(22-15(11)18-12)16(20)21-9(2)3/h7,9H,4-6,8,17H2,1-3H3. The molecule has 1 aliphatic heterocycles. The number of fused-ring (bicyclic) bond motifs is 2. The molecule has 0 saturated carbocycles. The summed E-state index contributed by atoms with van der Waals surface area (Å²) in [6.45, 7) is 8.79. The van der Waals surface area contributed by atoms with Crippen LogP contribution < -0.4 is 5.73 Å². The molecular formula is C16H21N3O2S. The Bertz CT molecular complexity index is 724. The third-order valence-corrected chi connectivity index (χ3v) is 5.02. The Kier molecular flexibility index (Phi) is 4.06. The summed E-state index contributed by atoms with van der Waals surface area (Å²) >= 11 is 1.33. The molecule has 0 amide bonds. The van der Waals surface area contributed by atoms with Crippen molar-refractivity contribution in [1.82, 2.24) is 9.88 Å². The molecule has 0 unspecified atom stereocenters. The third kappa shape index (κ3) is 2.68. The number of hydrogen-bond acceptors (Lipinski definition) is 6. The lowest BCUT2D eigenvalue weighted by Gasteiger charge is -2.26. The molecule has 22 heavy (non-hydrogen) atoms. The highest BCUT2D eigenvalue weighted by atomic mass is 32.1. The number of nitrogen functional groups attached to an aromatic ring is 1. The Labute approximate surface area is 134 Å². The first kappa shape index (κ1) is 15.2. The smallest absolute Gasteiger partial charge is 0.350 e. The van der Waals surface area contributed by atoms with Crippen LogP contribution in [0.5, 0.6) is 0 Å². The molecule has 0 aliphatic carbocycles. The maximum Gasteiger partial charge on any atom is 0.350 e. The Morgan fingerprint density at radius 2 is 2.32 bits per heavy atom. The van der Waals surface area contributed by atoms with Crippen molar-refractivity contribution in [2.75, 3.05) is 18.8 Å². The molecule has 2 aromatic rings. The lowest BCUT2D eigenvalue weighted by atomic mass is 10.0. The van der Waals surface area contributed by atoms with Crippen LogP contribution in [0.1, 0.15) is 41.7 Å². The quantitative estimate of drug-likeness (QED) is 0.881. The highest BCUT2D eigenvalue weighted by Gasteiger charge is 2.23. The van der Waals surface area contributed by atoms with Crippen LogP contribution in [0.4, 0.5) is 5.69 Å². The molecule has 3 rings (SSSR count). The van der Waals surface area contributed by atoms with E-state index >= 15 is 0 Å². The van der Waals surface area contributed by atoms with E-state index in [2.05, 4.69) is 17.9 Å². The highest BCUT2D eigenvalue weighted by molar-refractivity contribution is 7.21. The molecule has 0 saturated heterocycles.